The van der Waals surface area contributed by atoms with Crippen LogP contribution in [-0.4, -0.2) is 38.0 Å². The van der Waals surface area contributed by atoms with Crippen molar-refractivity contribution in [1.82, 2.24) is 9.59 Å². The van der Waals surface area contributed by atoms with Crippen LogP contribution in [0.25, 0.3) is 32.5 Å². The number of benzene rings is 3. The van der Waals surface area contributed by atoms with E-state index < -0.39 is 0 Å². The fourth-order valence-corrected chi connectivity index (χ4v) is 4.05. The minimum absolute atomic E-state index is 0.716. The van der Waals surface area contributed by atoms with Crippen LogP contribution >= 0.6 is 11.5 Å². The lowest BCUT2D eigenvalue weighted by atomic mass is 9.97. The number of aromatic nitrogens is 2. The molecule has 4 aromatic rings. The highest BCUT2D eigenvalue weighted by molar-refractivity contribution is 7.13. The summed E-state index contributed by atoms with van der Waals surface area (Å²) < 4.78 is 27.0. The van der Waals surface area contributed by atoms with Crippen molar-refractivity contribution in [2.75, 3.05) is 28.4 Å². The summed E-state index contributed by atoms with van der Waals surface area (Å²) in [4.78, 5) is 0. The summed E-state index contributed by atoms with van der Waals surface area (Å²) in [7, 11) is 6.56. The SMILES string of the molecule is COc1ccc(-c2ccc(-c3ccc(OC)cc3OC)c3snnc23)c(OC)c1. The second kappa shape index (κ2) is 7.97. The van der Waals surface area contributed by atoms with Crippen molar-refractivity contribution < 1.29 is 18.9 Å². The number of hydrogen-bond acceptors (Lipinski definition) is 7. The lowest BCUT2D eigenvalue weighted by Crippen LogP contribution is -1.93. The number of rotatable bonds is 6. The molecule has 0 radical (unpaired) electrons. The fraction of sp³-hybridized carbons (Fsp3) is 0.182. The van der Waals surface area contributed by atoms with E-state index in [1.54, 1.807) is 28.4 Å². The summed E-state index contributed by atoms with van der Waals surface area (Å²) in [5.74, 6) is 2.92. The van der Waals surface area contributed by atoms with Crippen LogP contribution in [0.1, 0.15) is 0 Å². The average Bonchev–Trinajstić information content (AvgIpc) is 3.27. The first-order chi connectivity index (χ1) is 14.2. The van der Waals surface area contributed by atoms with E-state index in [9.17, 15) is 0 Å². The lowest BCUT2D eigenvalue weighted by Gasteiger charge is -2.14. The van der Waals surface area contributed by atoms with Gasteiger partial charge >= 0.3 is 0 Å². The van der Waals surface area contributed by atoms with E-state index in [-0.39, 0.29) is 0 Å². The van der Waals surface area contributed by atoms with Gasteiger partial charge in [-0.3, -0.25) is 0 Å². The van der Waals surface area contributed by atoms with Gasteiger partial charge in [0.25, 0.3) is 0 Å². The molecule has 0 N–H and O–H groups in total. The molecule has 3 aromatic carbocycles. The molecule has 0 fully saturated rings. The summed E-state index contributed by atoms with van der Waals surface area (Å²) in [6.45, 7) is 0. The first-order valence-corrected chi connectivity index (χ1v) is 9.67. The fourth-order valence-electron chi connectivity index (χ4n) is 3.34. The van der Waals surface area contributed by atoms with E-state index in [0.717, 1.165) is 49.7 Å². The van der Waals surface area contributed by atoms with Gasteiger partial charge in [-0.25, -0.2) is 0 Å². The minimum atomic E-state index is 0.716. The summed E-state index contributed by atoms with van der Waals surface area (Å²) in [5, 5.41) is 4.40. The van der Waals surface area contributed by atoms with E-state index >= 15 is 0 Å². The number of methoxy groups -OCH3 is 4. The number of hydrogen-bond donors (Lipinski definition) is 0. The van der Waals surface area contributed by atoms with Gasteiger partial charge in [0.1, 0.15) is 28.5 Å². The van der Waals surface area contributed by atoms with Gasteiger partial charge in [0.15, 0.2) is 0 Å². The van der Waals surface area contributed by atoms with E-state index in [1.807, 2.05) is 42.5 Å². The molecule has 0 saturated carbocycles. The van der Waals surface area contributed by atoms with Gasteiger partial charge in [-0.2, -0.15) is 0 Å². The molecule has 29 heavy (non-hydrogen) atoms. The summed E-state index contributed by atoms with van der Waals surface area (Å²) >= 11 is 1.35. The first kappa shape index (κ1) is 19.0. The van der Waals surface area contributed by atoms with E-state index in [0.29, 0.717) is 5.75 Å². The van der Waals surface area contributed by atoms with Gasteiger partial charge < -0.3 is 18.9 Å². The zero-order valence-electron chi connectivity index (χ0n) is 16.6. The monoisotopic (exact) mass is 408 g/mol. The zero-order valence-corrected chi connectivity index (χ0v) is 17.4. The molecule has 0 spiro atoms. The van der Waals surface area contributed by atoms with Crippen molar-refractivity contribution in [3.8, 4) is 45.3 Å². The van der Waals surface area contributed by atoms with Crippen LogP contribution in [0.3, 0.4) is 0 Å². The molecule has 0 bridgehead atoms. The lowest BCUT2D eigenvalue weighted by molar-refractivity contribution is 0.395. The Hall–Kier alpha value is -3.32. The molecular formula is C22H20N2O4S. The van der Waals surface area contributed by atoms with Gasteiger partial charge in [-0.15, -0.1) is 5.10 Å². The third-order valence-electron chi connectivity index (χ3n) is 4.80. The Bertz CT molecular complexity index is 1080. The number of fused-ring (bicyclic) bond motifs is 1. The normalized spacial score (nSPS) is 10.8. The van der Waals surface area contributed by atoms with Crippen LogP contribution < -0.4 is 18.9 Å². The molecule has 148 valence electrons. The van der Waals surface area contributed by atoms with Crippen LogP contribution in [0.4, 0.5) is 0 Å². The van der Waals surface area contributed by atoms with Crippen LogP contribution in [0.5, 0.6) is 23.0 Å². The third kappa shape index (κ3) is 3.34. The molecule has 1 aromatic heterocycles. The van der Waals surface area contributed by atoms with Crippen LogP contribution in [0, 0.1) is 0 Å². The van der Waals surface area contributed by atoms with Crippen molar-refractivity contribution in [3.05, 3.63) is 48.5 Å². The Morgan fingerprint density at radius 3 is 1.69 bits per heavy atom. The molecule has 0 aliphatic carbocycles. The number of ether oxygens (including phenoxy) is 4. The molecule has 0 aliphatic heterocycles. The smallest absolute Gasteiger partial charge is 0.130 e. The first-order valence-electron chi connectivity index (χ1n) is 8.90. The maximum atomic E-state index is 5.59. The molecule has 1 heterocycles. The van der Waals surface area contributed by atoms with Crippen molar-refractivity contribution in [1.29, 1.82) is 0 Å². The molecule has 6 nitrogen and oxygen atoms in total. The van der Waals surface area contributed by atoms with Gasteiger partial charge in [0.05, 0.1) is 33.1 Å². The van der Waals surface area contributed by atoms with Gasteiger partial charge in [-0.05, 0) is 35.8 Å². The van der Waals surface area contributed by atoms with E-state index in [4.69, 9.17) is 18.9 Å². The van der Waals surface area contributed by atoms with Gasteiger partial charge in [0.2, 0.25) is 0 Å². The molecule has 0 atom stereocenters. The Morgan fingerprint density at radius 1 is 0.621 bits per heavy atom. The highest BCUT2D eigenvalue weighted by Crippen LogP contribution is 2.43. The maximum absolute atomic E-state index is 5.59. The van der Waals surface area contributed by atoms with Crippen molar-refractivity contribution >= 4 is 21.7 Å². The Labute approximate surface area is 172 Å². The molecule has 0 saturated heterocycles. The zero-order chi connectivity index (χ0) is 20.4. The average molecular weight is 408 g/mol. The van der Waals surface area contributed by atoms with Crippen molar-refractivity contribution in [2.45, 2.75) is 0 Å². The second-order valence-electron chi connectivity index (χ2n) is 6.24. The predicted octanol–water partition coefficient (Wildman–Crippen LogP) is 5.06. The van der Waals surface area contributed by atoms with Crippen molar-refractivity contribution in [3.63, 3.8) is 0 Å². The van der Waals surface area contributed by atoms with Crippen LogP contribution in [-0.2, 0) is 0 Å². The maximum Gasteiger partial charge on any atom is 0.130 e. The summed E-state index contributed by atoms with van der Waals surface area (Å²) in [6, 6.07) is 15.6. The highest BCUT2D eigenvalue weighted by Gasteiger charge is 2.18. The Kier molecular flexibility index (Phi) is 5.22. The standard InChI is InChI=1S/C22H20N2O4S/c1-25-13-5-7-15(19(11-13)27-3)17-9-10-18(22-21(17)23-24-29-22)16-8-6-14(26-2)12-20(16)28-4/h5-12H,1-4H3. The largest absolute Gasteiger partial charge is 0.497 e. The number of nitrogens with zero attached hydrogens (tertiary/aromatic N) is 2. The van der Waals surface area contributed by atoms with E-state index in [2.05, 4.69) is 15.7 Å². The molecular weight excluding hydrogens is 388 g/mol. The predicted molar refractivity (Wildman–Crippen MR) is 114 cm³/mol. The van der Waals surface area contributed by atoms with Crippen LogP contribution in [0.15, 0.2) is 48.5 Å². The third-order valence-corrected chi connectivity index (χ3v) is 5.56. The molecule has 0 unspecified atom stereocenters. The molecule has 7 heteroatoms. The van der Waals surface area contributed by atoms with E-state index in [1.165, 1.54) is 11.5 Å². The summed E-state index contributed by atoms with van der Waals surface area (Å²) in [5.41, 5.74) is 4.65. The molecule has 4 rings (SSSR count). The summed E-state index contributed by atoms with van der Waals surface area (Å²) in [6.07, 6.45) is 0. The quantitative estimate of drug-likeness (QED) is 0.444. The molecule has 0 amide bonds. The van der Waals surface area contributed by atoms with Gasteiger partial charge in [0, 0.05) is 34.4 Å². The van der Waals surface area contributed by atoms with Crippen LogP contribution in [0.2, 0.25) is 0 Å². The molecule has 0 aliphatic rings. The van der Waals surface area contributed by atoms with Crippen molar-refractivity contribution in [2.24, 2.45) is 0 Å². The Balaban J connectivity index is 1.90. The minimum Gasteiger partial charge on any atom is -0.497 e. The highest BCUT2D eigenvalue weighted by atomic mass is 32.1. The van der Waals surface area contributed by atoms with Gasteiger partial charge in [-0.1, -0.05) is 16.6 Å². The second-order valence-corrected chi connectivity index (χ2v) is 7.00. The topological polar surface area (TPSA) is 62.7 Å². The Morgan fingerprint density at radius 2 is 1.14 bits per heavy atom.